The van der Waals surface area contributed by atoms with Crippen LogP contribution in [-0.2, 0) is 26.0 Å². The van der Waals surface area contributed by atoms with E-state index in [9.17, 15) is 18.0 Å². The van der Waals surface area contributed by atoms with E-state index in [0.717, 1.165) is 17.1 Å². The summed E-state index contributed by atoms with van der Waals surface area (Å²) in [6.07, 6.45) is 3.14. The van der Waals surface area contributed by atoms with Crippen molar-refractivity contribution >= 4 is 21.8 Å². The number of fused-ring (bicyclic) bond motifs is 1. The molecule has 0 unspecified atom stereocenters. The molecule has 0 radical (unpaired) electrons. The molecular formula is C20H29N3O4S. The van der Waals surface area contributed by atoms with Crippen LogP contribution < -0.4 is 5.32 Å². The number of nitrogens with one attached hydrogen (secondary N) is 1. The largest absolute Gasteiger partial charge is 0.352 e. The molecule has 2 amide bonds. The Labute approximate surface area is 167 Å². The molecule has 2 fully saturated rings. The monoisotopic (exact) mass is 407 g/mol. The summed E-state index contributed by atoms with van der Waals surface area (Å²) in [4.78, 5) is 27.0. The maximum absolute atomic E-state index is 12.8. The maximum atomic E-state index is 12.8. The Balaban J connectivity index is 1.52. The second kappa shape index (κ2) is 9.05. The van der Waals surface area contributed by atoms with Crippen LogP contribution in [0.15, 0.2) is 30.3 Å². The van der Waals surface area contributed by atoms with E-state index in [4.69, 9.17) is 0 Å². The fourth-order valence-corrected chi connectivity index (χ4v) is 5.55. The molecule has 1 aromatic rings. The summed E-state index contributed by atoms with van der Waals surface area (Å²) < 4.78 is 25.7. The van der Waals surface area contributed by atoms with Crippen molar-refractivity contribution in [3.05, 3.63) is 35.9 Å². The predicted molar refractivity (Wildman–Crippen MR) is 107 cm³/mol. The number of hydrogen-bond donors (Lipinski definition) is 1. The molecule has 3 rings (SSSR count). The lowest BCUT2D eigenvalue weighted by Crippen LogP contribution is -2.44. The summed E-state index contributed by atoms with van der Waals surface area (Å²) in [6.45, 7) is 2.94. The van der Waals surface area contributed by atoms with Crippen LogP contribution in [-0.4, -0.2) is 66.9 Å². The lowest BCUT2D eigenvalue weighted by atomic mass is 10.1. The van der Waals surface area contributed by atoms with Crippen molar-refractivity contribution in [3.8, 4) is 0 Å². The van der Waals surface area contributed by atoms with Crippen molar-refractivity contribution in [2.24, 2.45) is 0 Å². The van der Waals surface area contributed by atoms with Gasteiger partial charge >= 0.3 is 0 Å². The van der Waals surface area contributed by atoms with Crippen LogP contribution in [0.4, 0.5) is 0 Å². The molecule has 0 spiro atoms. The molecule has 8 heteroatoms. The molecule has 28 heavy (non-hydrogen) atoms. The number of rotatable bonds is 7. The Morgan fingerprint density at radius 3 is 2.71 bits per heavy atom. The quantitative estimate of drug-likeness (QED) is 0.733. The first kappa shape index (κ1) is 20.8. The van der Waals surface area contributed by atoms with Crippen molar-refractivity contribution in [2.45, 2.75) is 51.1 Å². The highest BCUT2D eigenvalue weighted by molar-refractivity contribution is 7.89. The molecule has 2 heterocycles. The minimum atomic E-state index is -3.54. The van der Waals surface area contributed by atoms with Crippen molar-refractivity contribution in [1.82, 2.24) is 14.5 Å². The molecule has 2 saturated heterocycles. The number of hydrogen-bond acceptors (Lipinski definition) is 5. The number of aryl methyl sites for hydroxylation is 1. The van der Waals surface area contributed by atoms with Gasteiger partial charge in [-0.1, -0.05) is 37.3 Å². The zero-order valence-electron chi connectivity index (χ0n) is 16.3. The van der Waals surface area contributed by atoms with Gasteiger partial charge in [-0.3, -0.25) is 14.5 Å². The van der Waals surface area contributed by atoms with Gasteiger partial charge in [0, 0.05) is 32.1 Å². The van der Waals surface area contributed by atoms with Crippen LogP contribution in [0.3, 0.4) is 0 Å². The second-order valence-electron chi connectivity index (χ2n) is 7.58. The van der Waals surface area contributed by atoms with Gasteiger partial charge in [-0.05, 0) is 31.2 Å². The molecule has 7 nitrogen and oxygen atoms in total. The second-order valence-corrected chi connectivity index (χ2v) is 9.59. The third-order valence-electron chi connectivity index (χ3n) is 5.41. The highest BCUT2D eigenvalue weighted by Gasteiger charge is 2.44. The van der Waals surface area contributed by atoms with E-state index in [1.165, 1.54) is 5.56 Å². The van der Waals surface area contributed by atoms with E-state index in [-0.39, 0.29) is 30.2 Å². The predicted octanol–water partition coefficient (Wildman–Crippen LogP) is 1.15. The molecule has 0 saturated carbocycles. The first-order valence-electron chi connectivity index (χ1n) is 10.0. The van der Waals surface area contributed by atoms with Crippen LogP contribution in [0, 0.1) is 0 Å². The highest BCUT2D eigenvalue weighted by atomic mass is 32.2. The minimum absolute atomic E-state index is 0.0101. The normalized spacial score (nSPS) is 24.6. The van der Waals surface area contributed by atoms with Gasteiger partial charge < -0.3 is 5.32 Å². The van der Waals surface area contributed by atoms with Gasteiger partial charge in [-0.25, -0.2) is 12.7 Å². The average molecular weight is 408 g/mol. The summed E-state index contributed by atoms with van der Waals surface area (Å²) >= 11 is 0. The first-order chi connectivity index (χ1) is 13.4. The number of sulfonamides is 1. The smallest absolute Gasteiger partial charge is 0.253 e. The Hall–Kier alpha value is -1.93. The molecule has 0 aromatic heterocycles. The lowest BCUT2D eigenvalue weighted by molar-refractivity contribution is -0.130. The third kappa shape index (κ3) is 4.91. The van der Waals surface area contributed by atoms with Gasteiger partial charge in [0.15, 0.2) is 0 Å². The molecular weight excluding hydrogens is 378 g/mol. The van der Waals surface area contributed by atoms with Gasteiger partial charge in [-0.2, -0.15) is 0 Å². The number of carbonyl (C=O) groups excluding carboxylic acids is 2. The van der Waals surface area contributed by atoms with E-state index >= 15 is 0 Å². The summed E-state index contributed by atoms with van der Waals surface area (Å²) in [5.41, 5.74) is 1.22. The summed E-state index contributed by atoms with van der Waals surface area (Å²) in [7, 11) is -3.54. The fraction of sp³-hybridized carbons (Fsp3) is 0.600. The molecule has 2 aliphatic rings. The van der Waals surface area contributed by atoms with Crippen molar-refractivity contribution in [3.63, 3.8) is 0 Å². The SMILES string of the molecule is CCCN1C(=O)[C@@H]2C[C@H](NC(=O)CCCc3ccccc3)CN2CCS1(=O)=O. The zero-order chi connectivity index (χ0) is 20.1. The zero-order valence-corrected chi connectivity index (χ0v) is 17.2. The molecule has 154 valence electrons. The van der Waals surface area contributed by atoms with Crippen LogP contribution in [0.2, 0.25) is 0 Å². The molecule has 2 atom stereocenters. The maximum Gasteiger partial charge on any atom is 0.253 e. The fourth-order valence-electron chi connectivity index (χ4n) is 4.01. The molecule has 1 N–H and O–H groups in total. The van der Waals surface area contributed by atoms with Crippen molar-refractivity contribution < 1.29 is 18.0 Å². The van der Waals surface area contributed by atoms with Gasteiger partial charge in [0.2, 0.25) is 15.9 Å². The Bertz CT molecular complexity index is 797. The van der Waals surface area contributed by atoms with Gasteiger partial charge in [0.05, 0.1) is 11.8 Å². The van der Waals surface area contributed by atoms with E-state index in [1.54, 1.807) is 0 Å². The van der Waals surface area contributed by atoms with Crippen LogP contribution >= 0.6 is 0 Å². The molecule has 1 aromatic carbocycles. The van der Waals surface area contributed by atoms with Crippen LogP contribution in [0.1, 0.15) is 38.2 Å². The topological polar surface area (TPSA) is 86.8 Å². The van der Waals surface area contributed by atoms with Crippen molar-refractivity contribution in [1.29, 1.82) is 0 Å². The number of benzene rings is 1. The van der Waals surface area contributed by atoms with Gasteiger partial charge in [0.25, 0.3) is 5.91 Å². The number of nitrogens with zero attached hydrogens (tertiary/aromatic N) is 2. The lowest BCUT2D eigenvalue weighted by Gasteiger charge is -2.23. The van der Waals surface area contributed by atoms with Crippen LogP contribution in [0.5, 0.6) is 0 Å². The molecule has 0 bridgehead atoms. The molecule has 2 aliphatic heterocycles. The van der Waals surface area contributed by atoms with Gasteiger partial charge in [-0.15, -0.1) is 0 Å². The third-order valence-corrected chi connectivity index (χ3v) is 7.14. The Morgan fingerprint density at radius 2 is 2.00 bits per heavy atom. The first-order valence-corrected chi connectivity index (χ1v) is 11.6. The number of carbonyl (C=O) groups is 2. The average Bonchev–Trinajstić information content (AvgIpc) is 3.04. The standard InChI is InChI=1S/C20H29N3O4S/c1-2-11-23-20(25)18-14-17(15-22(18)12-13-28(23,26)27)21-19(24)10-6-9-16-7-4-3-5-8-16/h3-5,7-8,17-18H,2,6,9-15H2,1H3,(H,21,24)/t17-,18-/m0/s1. The van der Waals surface area contributed by atoms with Gasteiger partial charge in [0.1, 0.15) is 0 Å². The molecule has 0 aliphatic carbocycles. The summed E-state index contributed by atoms with van der Waals surface area (Å²) in [5, 5.41) is 3.03. The summed E-state index contributed by atoms with van der Waals surface area (Å²) in [5.74, 6) is -0.406. The van der Waals surface area contributed by atoms with E-state index in [0.29, 0.717) is 32.4 Å². The van der Waals surface area contributed by atoms with E-state index < -0.39 is 16.1 Å². The van der Waals surface area contributed by atoms with E-state index in [2.05, 4.69) is 17.4 Å². The van der Waals surface area contributed by atoms with Crippen LogP contribution in [0.25, 0.3) is 0 Å². The van der Waals surface area contributed by atoms with Crippen molar-refractivity contribution in [2.75, 3.05) is 25.4 Å². The highest BCUT2D eigenvalue weighted by Crippen LogP contribution is 2.25. The summed E-state index contributed by atoms with van der Waals surface area (Å²) in [6, 6.07) is 9.49. The Morgan fingerprint density at radius 1 is 1.25 bits per heavy atom. The minimum Gasteiger partial charge on any atom is -0.352 e. The van der Waals surface area contributed by atoms with E-state index in [1.807, 2.05) is 30.0 Å². The Kier molecular flexibility index (Phi) is 6.72. The number of amides is 2.